The molecule has 5 nitrogen and oxygen atoms in total. The summed E-state index contributed by atoms with van der Waals surface area (Å²) in [4.78, 5) is 18.5. The van der Waals surface area contributed by atoms with Crippen LogP contribution >= 0.6 is 0 Å². The first-order valence-electron chi connectivity index (χ1n) is 7.62. The summed E-state index contributed by atoms with van der Waals surface area (Å²) < 4.78 is 1.92. The van der Waals surface area contributed by atoms with Crippen molar-refractivity contribution >= 4 is 11.6 Å². The molecule has 3 rings (SSSR count). The van der Waals surface area contributed by atoms with E-state index in [2.05, 4.69) is 29.0 Å². The topological polar surface area (TPSA) is 50.2 Å². The van der Waals surface area contributed by atoms with Gasteiger partial charge in [-0.25, -0.2) is 4.98 Å². The van der Waals surface area contributed by atoms with Crippen LogP contribution in [0.3, 0.4) is 0 Å². The zero-order chi connectivity index (χ0) is 15.6. The summed E-state index contributed by atoms with van der Waals surface area (Å²) in [5, 5.41) is 2.98. The number of imidazole rings is 1. The second-order valence-corrected chi connectivity index (χ2v) is 6.69. The first-order valence-corrected chi connectivity index (χ1v) is 7.62. The van der Waals surface area contributed by atoms with Gasteiger partial charge in [0.25, 0.3) is 0 Å². The van der Waals surface area contributed by atoms with Crippen molar-refractivity contribution in [2.75, 3.05) is 25.0 Å². The van der Waals surface area contributed by atoms with Gasteiger partial charge in [0.1, 0.15) is 0 Å². The fourth-order valence-corrected chi connectivity index (χ4v) is 2.92. The van der Waals surface area contributed by atoms with Gasteiger partial charge in [0.15, 0.2) is 0 Å². The molecule has 0 spiro atoms. The molecule has 1 aromatic heterocycles. The van der Waals surface area contributed by atoms with Crippen LogP contribution in [-0.2, 0) is 4.79 Å². The molecule has 1 aliphatic heterocycles. The summed E-state index contributed by atoms with van der Waals surface area (Å²) in [5.41, 5.74) is 2.12. The number of carbonyl (C=O) groups is 1. The van der Waals surface area contributed by atoms with E-state index < -0.39 is 0 Å². The standard InChI is InChI=1S/C17H22N4O/c1-17(2)6-8-20(12-17)11-16(22)19-14-4-3-5-15(10-14)21-9-7-18-13-21/h3-5,7,9-10,13H,6,8,11-12H2,1-2H3,(H,19,22). The van der Waals surface area contributed by atoms with E-state index in [0.29, 0.717) is 12.0 Å². The average molecular weight is 298 g/mol. The molecule has 22 heavy (non-hydrogen) atoms. The van der Waals surface area contributed by atoms with Crippen LogP contribution in [0, 0.1) is 5.41 Å². The number of nitrogens with one attached hydrogen (secondary N) is 1. The molecule has 1 fully saturated rings. The van der Waals surface area contributed by atoms with Crippen LogP contribution in [0.25, 0.3) is 5.69 Å². The molecule has 2 aromatic rings. The van der Waals surface area contributed by atoms with Crippen molar-refractivity contribution in [1.82, 2.24) is 14.5 Å². The Kier molecular flexibility index (Phi) is 3.98. The van der Waals surface area contributed by atoms with Crippen molar-refractivity contribution in [1.29, 1.82) is 0 Å². The number of likely N-dealkylation sites (tertiary alicyclic amines) is 1. The smallest absolute Gasteiger partial charge is 0.238 e. The van der Waals surface area contributed by atoms with E-state index in [4.69, 9.17) is 0 Å². The van der Waals surface area contributed by atoms with E-state index >= 15 is 0 Å². The Balaban J connectivity index is 1.61. The van der Waals surface area contributed by atoms with Crippen LogP contribution < -0.4 is 5.32 Å². The van der Waals surface area contributed by atoms with Crippen LogP contribution in [-0.4, -0.2) is 40.0 Å². The number of hydrogen-bond acceptors (Lipinski definition) is 3. The van der Waals surface area contributed by atoms with E-state index in [-0.39, 0.29) is 5.91 Å². The molecule has 116 valence electrons. The van der Waals surface area contributed by atoms with Crippen molar-refractivity contribution in [3.8, 4) is 5.69 Å². The molecule has 0 radical (unpaired) electrons. The van der Waals surface area contributed by atoms with Gasteiger partial charge in [-0.2, -0.15) is 0 Å². The SMILES string of the molecule is CC1(C)CCN(CC(=O)Nc2cccc(-n3ccnc3)c2)C1. The molecule has 1 aromatic carbocycles. The monoisotopic (exact) mass is 298 g/mol. The van der Waals surface area contributed by atoms with Crippen LogP contribution in [0.1, 0.15) is 20.3 Å². The lowest BCUT2D eigenvalue weighted by atomic mass is 9.93. The van der Waals surface area contributed by atoms with Gasteiger partial charge in [0, 0.05) is 30.3 Å². The highest BCUT2D eigenvalue weighted by molar-refractivity contribution is 5.92. The maximum absolute atomic E-state index is 12.2. The maximum Gasteiger partial charge on any atom is 0.238 e. The molecular weight excluding hydrogens is 276 g/mol. The lowest BCUT2D eigenvalue weighted by Gasteiger charge is -2.19. The van der Waals surface area contributed by atoms with Crippen LogP contribution in [0.2, 0.25) is 0 Å². The quantitative estimate of drug-likeness (QED) is 0.943. The van der Waals surface area contributed by atoms with Gasteiger partial charge >= 0.3 is 0 Å². The van der Waals surface area contributed by atoms with Crippen molar-refractivity contribution in [3.05, 3.63) is 43.0 Å². The lowest BCUT2D eigenvalue weighted by molar-refractivity contribution is -0.117. The summed E-state index contributed by atoms with van der Waals surface area (Å²) in [5.74, 6) is 0.0421. The number of benzene rings is 1. The second kappa shape index (κ2) is 5.93. The molecule has 0 bridgehead atoms. The number of rotatable bonds is 4. The summed E-state index contributed by atoms with van der Waals surface area (Å²) >= 11 is 0. The van der Waals surface area contributed by atoms with Crippen molar-refractivity contribution in [2.45, 2.75) is 20.3 Å². The minimum absolute atomic E-state index is 0.0421. The van der Waals surface area contributed by atoms with Gasteiger partial charge in [-0.05, 0) is 36.6 Å². The molecule has 1 aliphatic rings. The molecule has 5 heteroatoms. The molecule has 1 saturated heterocycles. The summed E-state index contributed by atoms with van der Waals surface area (Å²) in [6, 6.07) is 7.78. The number of aromatic nitrogens is 2. The minimum atomic E-state index is 0.0421. The van der Waals surface area contributed by atoms with E-state index in [1.54, 1.807) is 12.5 Å². The summed E-state index contributed by atoms with van der Waals surface area (Å²) in [6.07, 6.45) is 6.51. The third kappa shape index (κ3) is 3.54. The van der Waals surface area contributed by atoms with Gasteiger partial charge in [0.2, 0.25) is 5.91 Å². The Morgan fingerprint density at radius 3 is 2.95 bits per heavy atom. The van der Waals surface area contributed by atoms with Crippen molar-refractivity contribution in [3.63, 3.8) is 0 Å². The fraction of sp³-hybridized carbons (Fsp3) is 0.412. The molecule has 0 aliphatic carbocycles. The van der Waals surface area contributed by atoms with E-state index in [9.17, 15) is 4.79 Å². The van der Waals surface area contributed by atoms with Crippen molar-refractivity contribution < 1.29 is 4.79 Å². The highest BCUT2D eigenvalue weighted by Crippen LogP contribution is 2.28. The molecular formula is C17H22N4O. The predicted octanol–water partition coefficient (Wildman–Crippen LogP) is 2.54. The summed E-state index contributed by atoms with van der Waals surface area (Å²) in [7, 11) is 0. The first-order chi connectivity index (χ1) is 10.5. The zero-order valence-corrected chi connectivity index (χ0v) is 13.1. The third-order valence-electron chi connectivity index (χ3n) is 4.06. The van der Waals surface area contributed by atoms with E-state index in [1.165, 1.54) is 0 Å². The maximum atomic E-state index is 12.2. The Bertz CT molecular complexity index is 648. The molecule has 1 N–H and O–H groups in total. The Labute approximate surface area is 131 Å². The molecule has 0 unspecified atom stereocenters. The average Bonchev–Trinajstić information content (AvgIpc) is 3.09. The van der Waals surface area contributed by atoms with Gasteiger partial charge < -0.3 is 9.88 Å². The fourth-order valence-electron chi connectivity index (χ4n) is 2.92. The Morgan fingerprint density at radius 2 is 2.27 bits per heavy atom. The molecule has 1 amide bonds. The minimum Gasteiger partial charge on any atom is -0.325 e. The molecule has 0 saturated carbocycles. The van der Waals surface area contributed by atoms with Crippen LogP contribution in [0.15, 0.2) is 43.0 Å². The van der Waals surface area contributed by atoms with E-state index in [0.717, 1.165) is 30.9 Å². The van der Waals surface area contributed by atoms with Gasteiger partial charge in [-0.1, -0.05) is 19.9 Å². The van der Waals surface area contributed by atoms with Gasteiger partial charge in [0.05, 0.1) is 12.9 Å². The largest absolute Gasteiger partial charge is 0.325 e. The highest BCUT2D eigenvalue weighted by atomic mass is 16.2. The first kappa shape index (κ1) is 14.8. The van der Waals surface area contributed by atoms with Crippen molar-refractivity contribution in [2.24, 2.45) is 5.41 Å². The number of hydrogen-bond donors (Lipinski definition) is 1. The summed E-state index contributed by atoms with van der Waals surface area (Å²) in [6.45, 7) is 6.93. The third-order valence-corrected chi connectivity index (χ3v) is 4.06. The predicted molar refractivity (Wildman–Crippen MR) is 87.0 cm³/mol. The number of anilines is 1. The zero-order valence-electron chi connectivity index (χ0n) is 13.1. The highest BCUT2D eigenvalue weighted by Gasteiger charge is 2.29. The number of carbonyl (C=O) groups excluding carboxylic acids is 1. The number of amides is 1. The Morgan fingerprint density at radius 1 is 1.41 bits per heavy atom. The Hall–Kier alpha value is -2.14. The number of nitrogens with zero attached hydrogens (tertiary/aromatic N) is 3. The molecule has 0 atom stereocenters. The van der Waals surface area contributed by atoms with Gasteiger partial charge in [-0.3, -0.25) is 9.69 Å². The molecule has 2 heterocycles. The van der Waals surface area contributed by atoms with Gasteiger partial charge in [-0.15, -0.1) is 0 Å². The van der Waals surface area contributed by atoms with Crippen LogP contribution in [0.5, 0.6) is 0 Å². The normalized spacial score (nSPS) is 17.5. The van der Waals surface area contributed by atoms with E-state index in [1.807, 2.05) is 35.0 Å². The van der Waals surface area contributed by atoms with Crippen LogP contribution in [0.4, 0.5) is 5.69 Å². The lowest BCUT2D eigenvalue weighted by Crippen LogP contribution is -2.32. The second-order valence-electron chi connectivity index (χ2n) is 6.69.